The van der Waals surface area contributed by atoms with E-state index in [2.05, 4.69) is 30.4 Å². The van der Waals surface area contributed by atoms with Gasteiger partial charge in [0.2, 0.25) is 10.0 Å². The summed E-state index contributed by atoms with van der Waals surface area (Å²) in [4.78, 5) is 2.47. The summed E-state index contributed by atoms with van der Waals surface area (Å²) in [6.07, 6.45) is 2.40. The first-order valence-electron chi connectivity index (χ1n) is 8.82. The number of rotatable bonds is 8. The lowest BCUT2D eigenvalue weighted by Gasteiger charge is -2.24. The molecule has 0 aliphatic carbocycles. The summed E-state index contributed by atoms with van der Waals surface area (Å²) >= 11 is 0. The van der Waals surface area contributed by atoms with E-state index in [0.29, 0.717) is 18.5 Å². The molecule has 0 aromatic heterocycles. The Labute approximate surface area is 146 Å². The average molecular weight is 355 g/mol. The quantitative estimate of drug-likeness (QED) is 0.749. The molecule has 1 aromatic rings. The van der Waals surface area contributed by atoms with E-state index in [4.69, 9.17) is 0 Å². The Bertz CT molecular complexity index is 616. The minimum atomic E-state index is -3.57. The summed E-state index contributed by atoms with van der Waals surface area (Å²) in [6.45, 7) is 7.95. The minimum Gasteiger partial charge on any atom is -0.390 e. The molecule has 0 bridgehead atoms. The largest absolute Gasteiger partial charge is 0.390 e. The number of hydrogen-bond acceptors (Lipinski definition) is 4. The topological polar surface area (TPSA) is 69.6 Å². The molecule has 1 aliphatic rings. The highest BCUT2D eigenvalue weighted by atomic mass is 32.2. The second-order valence-corrected chi connectivity index (χ2v) is 8.81. The van der Waals surface area contributed by atoms with Crippen molar-refractivity contribution in [3.63, 3.8) is 0 Å². The number of nitrogens with one attached hydrogen (secondary N) is 1. The van der Waals surface area contributed by atoms with Crippen molar-refractivity contribution in [3.05, 3.63) is 29.8 Å². The van der Waals surface area contributed by atoms with Crippen LogP contribution >= 0.6 is 0 Å². The number of hydrogen-bond donors (Lipinski definition) is 2. The molecule has 2 N–H and O–H groups in total. The van der Waals surface area contributed by atoms with Crippen LogP contribution in [0.5, 0.6) is 0 Å². The number of sulfonamides is 1. The molecule has 6 heteroatoms. The van der Waals surface area contributed by atoms with Crippen molar-refractivity contribution in [1.29, 1.82) is 0 Å². The van der Waals surface area contributed by atoms with E-state index in [1.54, 1.807) is 12.1 Å². The Kier molecular flexibility index (Phi) is 6.80. The second kappa shape index (κ2) is 8.43. The van der Waals surface area contributed by atoms with Crippen LogP contribution in [0.1, 0.15) is 39.2 Å². The van der Waals surface area contributed by atoms with Gasteiger partial charge in [-0.3, -0.25) is 4.90 Å². The first-order valence-corrected chi connectivity index (χ1v) is 10.3. The summed E-state index contributed by atoms with van der Waals surface area (Å²) < 4.78 is 27.2. The van der Waals surface area contributed by atoms with E-state index in [1.165, 1.54) is 0 Å². The number of nitrogens with zero attached hydrogens (tertiary/aromatic N) is 1. The Hall–Kier alpha value is -0.950. The van der Waals surface area contributed by atoms with Crippen molar-refractivity contribution in [3.8, 4) is 0 Å². The number of β-amino-alcohol motifs (C(OH)–C–C–N with tert-alkyl or cyclic N) is 1. The maximum atomic E-state index is 12.3. The zero-order valence-electron chi connectivity index (χ0n) is 14.9. The molecule has 136 valence electrons. The molecule has 0 radical (unpaired) electrons. The van der Waals surface area contributed by atoms with Gasteiger partial charge in [-0.15, -0.1) is 0 Å². The van der Waals surface area contributed by atoms with Gasteiger partial charge in [0.1, 0.15) is 0 Å². The molecule has 0 saturated carbocycles. The second-order valence-electron chi connectivity index (χ2n) is 7.04. The van der Waals surface area contributed by atoms with Crippen molar-refractivity contribution < 1.29 is 13.5 Å². The van der Waals surface area contributed by atoms with Crippen molar-refractivity contribution in [2.75, 3.05) is 19.6 Å². The van der Waals surface area contributed by atoms with E-state index < -0.39 is 16.1 Å². The third-order valence-electron chi connectivity index (χ3n) is 4.64. The molecule has 0 spiro atoms. The Morgan fingerprint density at radius 2 is 1.96 bits per heavy atom. The normalized spacial score (nSPS) is 23.5. The Morgan fingerprint density at radius 1 is 1.29 bits per heavy atom. The SMILES string of the molecule is CCCc1ccc(S(=O)(=O)NCC(O)CN2CC(C)CC2C)cc1. The van der Waals surface area contributed by atoms with Crippen LogP contribution in [-0.2, 0) is 16.4 Å². The first kappa shape index (κ1) is 19.4. The average Bonchev–Trinajstić information content (AvgIpc) is 2.84. The lowest BCUT2D eigenvalue weighted by Crippen LogP contribution is -2.41. The summed E-state index contributed by atoms with van der Waals surface area (Å²) in [5.74, 6) is 0.630. The van der Waals surface area contributed by atoms with Gasteiger partial charge in [-0.25, -0.2) is 13.1 Å². The van der Waals surface area contributed by atoms with Gasteiger partial charge >= 0.3 is 0 Å². The zero-order valence-corrected chi connectivity index (χ0v) is 15.7. The fourth-order valence-electron chi connectivity index (χ4n) is 3.39. The van der Waals surface area contributed by atoms with Crippen LogP contribution in [0.2, 0.25) is 0 Å². The van der Waals surface area contributed by atoms with Gasteiger partial charge in [-0.2, -0.15) is 0 Å². The van der Waals surface area contributed by atoms with E-state index in [9.17, 15) is 13.5 Å². The molecule has 3 atom stereocenters. The number of likely N-dealkylation sites (tertiary alicyclic amines) is 1. The van der Waals surface area contributed by atoms with E-state index in [1.807, 2.05) is 12.1 Å². The fraction of sp³-hybridized carbons (Fsp3) is 0.667. The van der Waals surface area contributed by atoms with Crippen molar-refractivity contribution in [1.82, 2.24) is 9.62 Å². The van der Waals surface area contributed by atoms with Crippen molar-refractivity contribution in [2.24, 2.45) is 5.92 Å². The smallest absolute Gasteiger partial charge is 0.240 e. The van der Waals surface area contributed by atoms with Gasteiger partial charge in [0, 0.05) is 25.7 Å². The first-order chi connectivity index (χ1) is 11.3. The molecule has 0 amide bonds. The molecule has 24 heavy (non-hydrogen) atoms. The minimum absolute atomic E-state index is 0.0383. The third kappa shape index (κ3) is 5.28. The highest BCUT2D eigenvalue weighted by Crippen LogP contribution is 2.22. The lowest BCUT2D eigenvalue weighted by molar-refractivity contribution is 0.111. The summed E-state index contributed by atoms with van der Waals surface area (Å²) in [5, 5.41) is 10.2. The standard InChI is InChI=1S/C18H30N2O3S/c1-4-5-16-6-8-18(9-7-16)24(22,23)19-11-17(21)13-20-12-14(2)10-15(20)3/h6-9,14-15,17,19,21H,4-5,10-13H2,1-3H3. The molecule has 1 saturated heterocycles. The van der Waals surface area contributed by atoms with E-state index in [-0.39, 0.29) is 11.4 Å². The van der Waals surface area contributed by atoms with Gasteiger partial charge in [0.05, 0.1) is 11.0 Å². The predicted molar refractivity (Wildman–Crippen MR) is 96.4 cm³/mol. The molecule has 1 aliphatic heterocycles. The Balaban J connectivity index is 1.87. The molecule has 2 rings (SSSR count). The fourth-order valence-corrected chi connectivity index (χ4v) is 4.46. The lowest BCUT2D eigenvalue weighted by atomic mass is 10.1. The van der Waals surface area contributed by atoms with Crippen molar-refractivity contribution >= 4 is 10.0 Å². The third-order valence-corrected chi connectivity index (χ3v) is 6.08. The highest BCUT2D eigenvalue weighted by Gasteiger charge is 2.27. The molecular formula is C18H30N2O3S. The predicted octanol–water partition coefficient (Wildman–Crippen LogP) is 2.01. The maximum Gasteiger partial charge on any atom is 0.240 e. The van der Waals surface area contributed by atoms with Crippen LogP contribution in [0, 0.1) is 5.92 Å². The summed E-state index contributed by atoms with van der Waals surface area (Å²) in [7, 11) is -3.57. The molecule has 1 fully saturated rings. The molecule has 3 unspecified atom stereocenters. The van der Waals surface area contributed by atoms with E-state index >= 15 is 0 Å². The Morgan fingerprint density at radius 3 is 2.50 bits per heavy atom. The van der Waals surface area contributed by atoms with Gasteiger partial charge in [0.15, 0.2) is 0 Å². The van der Waals surface area contributed by atoms with Crippen molar-refractivity contribution in [2.45, 2.75) is 57.1 Å². The van der Waals surface area contributed by atoms with Crippen LogP contribution in [-0.4, -0.2) is 50.2 Å². The van der Waals surface area contributed by atoms with Crippen LogP contribution in [0.25, 0.3) is 0 Å². The van der Waals surface area contributed by atoms with E-state index in [0.717, 1.165) is 31.4 Å². The van der Waals surface area contributed by atoms with Gasteiger partial charge < -0.3 is 5.11 Å². The zero-order chi connectivity index (χ0) is 17.7. The maximum absolute atomic E-state index is 12.3. The molecular weight excluding hydrogens is 324 g/mol. The number of aliphatic hydroxyl groups excluding tert-OH is 1. The van der Waals surface area contributed by atoms with Crippen LogP contribution in [0.3, 0.4) is 0 Å². The van der Waals surface area contributed by atoms with Gasteiger partial charge in [-0.05, 0) is 43.4 Å². The molecule has 1 heterocycles. The molecule has 5 nitrogen and oxygen atoms in total. The number of benzene rings is 1. The highest BCUT2D eigenvalue weighted by molar-refractivity contribution is 7.89. The molecule has 1 aromatic carbocycles. The van der Waals surface area contributed by atoms with Crippen LogP contribution < -0.4 is 4.72 Å². The summed E-state index contributed by atoms with van der Waals surface area (Å²) in [5.41, 5.74) is 1.13. The number of aryl methyl sites for hydroxylation is 1. The monoisotopic (exact) mass is 354 g/mol. The van der Waals surface area contributed by atoms with Crippen LogP contribution in [0.4, 0.5) is 0 Å². The summed E-state index contributed by atoms with van der Waals surface area (Å²) in [6, 6.07) is 7.40. The van der Waals surface area contributed by atoms with Gasteiger partial charge in [-0.1, -0.05) is 32.4 Å². The van der Waals surface area contributed by atoms with Gasteiger partial charge in [0.25, 0.3) is 0 Å². The number of aliphatic hydroxyl groups is 1. The van der Waals surface area contributed by atoms with Crippen LogP contribution in [0.15, 0.2) is 29.2 Å².